The van der Waals surface area contributed by atoms with Crippen LogP contribution >= 0.6 is 0 Å². The average molecular weight is 350 g/mol. The van der Waals surface area contributed by atoms with Crippen LogP contribution < -0.4 is 27.8 Å². The number of primary amides is 2. The summed E-state index contributed by atoms with van der Waals surface area (Å²) in [6, 6.07) is 15.7. The molecule has 8 heteroatoms. The minimum Gasteiger partial charge on any atom is -0.399 e. The Balaban J connectivity index is 1.83. The molecule has 3 aromatic rings. The van der Waals surface area contributed by atoms with Crippen molar-refractivity contribution < 1.29 is 9.59 Å². The molecule has 0 saturated carbocycles. The van der Waals surface area contributed by atoms with Crippen molar-refractivity contribution in [1.82, 2.24) is 4.98 Å². The van der Waals surface area contributed by atoms with Crippen molar-refractivity contribution in [3.63, 3.8) is 0 Å². The van der Waals surface area contributed by atoms with Crippen LogP contribution in [0.1, 0.15) is 10.4 Å². The highest BCUT2D eigenvalue weighted by molar-refractivity contribution is 6.03. The molecule has 0 aliphatic rings. The monoisotopic (exact) mass is 350 g/mol. The van der Waals surface area contributed by atoms with Gasteiger partial charge in [0.05, 0.1) is 5.56 Å². The summed E-state index contributed by atoms with van der Waals surface area (Å²) in [6.07, 6.45) is 0. The third-order valence-electron chi connectivity index (χ3n) is 3.73. The molecule has 8 nitrogen and oxygen atoms in total. The molecule has 0 fully saturated rings. The number of urea groups is 1. The Bertz CT molecular complexity index is 945. The number of nitrogen functional groups attached to an aromatic ring is 1. The van der Waals surface area contributed by atoms with Gasteiger partial charge in [-0.15, -0.1) is 0 Å². The summed E-state index contributed by atoms with van der Waals surface area (Å²) in [6.45, 7) is 0. The fourth-order valence-corrected chi connectivity index (χ4v) is 2.49. The number of carbonyl (C=O) groups is 2. The molecule has 0 atom stereocenters. The molecule has 1 heterocycles. The average Bonchev–Trinajstić information content (AvgIpc) is 3.01. The van der Waals surface area contributed by atoms with Crippen LogP contribution in [0.3, 0.4) is 0 Å². The zero-order valence-electron chi connectivity index (χ0n) is 13.7. The number of hydrogen-bond acceptors (Lipinski definition) is 4. The second-order valence-corrected chi connectivity index (χ2v) is 5.65. The summed E-state index contributed by atoms with van der Waals surface area (Å²) in [5, 5.41) is 5.61. The van der Waals surface area contributed by atoms with E-state index in [2.05, 4.69) is 15.6 Å². The van der Waals surface area contributed by atoms with Crippen molar-refractivity contribution >= 4 is 34.8 Å². The van der Waals surface area contributed by atoms with Gasteiger partial charge in [0.15, 0.2) is 0 Å². The highest BCUT2D eigenvalue weighted by Gasteiger charge is 2.15. The molecule has 26 heavy (non-hydrogen) atoms. The molecule has 1 aromatic heterocycles. The van der Waals surface area contributed by atoms with Gasteiger partial charge in [-0.25, -0.2) is 4.79 Å². The van der Waals surface area contributed by atoms with Gasteiger partial charge in [-0.3, -0.25) is 10.1 Å². The Hall–Kier alpha value is -3.94. The number of H-pyrrole nitrogens is 1. The van der Waals surface area contributed by atoms with E-state index in [1.807, 2.05) is 48.5 Å². The number of benzene rings is 2. The molecule has 0 aliphatic carbocycles. The number of nitrogens with two attached hydrogens (primary N) is 3. The van der Waals surface area contributed by atoms with E-state index in [9.17, 15) is 9.59 Å². The van der Waals surface area contributed by atoms with Gasteiger partial charge < -0.3 is 27.5 Å². The molecule has 0 aliphatic heterocycles. The third kappa shape index (κ3) is 3.75. The summed E-state index contributed by atoms with van der Waals surface area (Å²) in [7, 11) is 0. The van der Waals surface area contributed by atoms with Crippen LogP contribution in [-0.4, -0.2) is 16.9 Å². The van der Waals surface area contributed by atoms with Gasteiger partial charge >= 0.3 is 6.03 Å². The van der Waals surface area contributed by atoms with E-state index in [0.717, 1.165) is 16.9 Å². The molecular weight excluding hydrogens is 332 g/mol. The first-order valence-corrected chi connectivity index (χ1v) is 7.74. The van der Waals surface area contributed by atoms with E-state index in [-0.39, 0.29) is 11.4 Å². The van der Waals surface area contributed by atoms with Crippen LogP contribution in [0.2, 0.25) is 0 Å². The first kappa shape index (κ1) is 16.9. The fourth-order valence-electron chi connectivity index (χ4n) is 2.49. The first-order valence-electron chi connectivity index (χ1n) is 7.74. The summed E-state index contributed by atoms with van der Waals surface area (Å²) in [4.78, 5) is 25.5. The number of carbonyl (C=O) groups excluding carboxylic acids is 2. The van der Waals surface area contributed by atoms with Crippen LogP contribution in [0.5, 0.6) is 0 Å². The summed E-state index contributed by atoms with van der Waals surface area (Å²) < 4.78 is 0. The van der Waals surface area contributed by atoms with Crippen LogP contribution in [0.15, 0.2) is 54.6 Å². The van der Waals surface area contributed by atoms with Gasteiger partial charge in [-0.2, -0.15) is 0 Å². The Kier molecular flexibility index (Phi) is 4.48. The molecule has 3 rings (SSSR count). The molecule has 0 radical (unpaired) electrons. The SMILES string of the molecule is NC(=O)Nc1[nH]c(-c2ccc(Nc3ccc(N)cc3)cc2)cc1C(N)=O. The topological polar surface area (TPSA) is 152 Å². The van der Waals surface area contributed by atoms with Gasteiger partial charge in [0.1, 0.15) is 5.82 Å². The number of rotatable bonds is 5. The molecule has 3 amide bonds. The normalized spacial score (nSPS) is 10.3. The lowest BCUT2D eigenvalue weighted by Crippen LogP contribution is -2.22. The summed E-state index contributed by atoms with van der Waals surface area (Å²) >= 11 is 0. The molecule has 2 aromatic carbocycles. The first-order chi connectivity index (χ1) is 12.4. The van der Waals surface area contributed by atoms with E-state index < -0.39 is 11.9 Å². The second-order valence-electron chi connectivity index (χ2n) is 5.65. The number of aromatic nitrogens is 1. The molecule has 132 valence electrons. The standard InChI is InChI=1S/C18H18N6O2/c19-11-3-7-13(8-4-11)22-12-5-1-10(2-6-12)15-9-14(16(20)25)17(23-15)24-18(21)26/h1-9,22-23H,19H2,(H2,20,25)(H3,21,24,26). The van der Waals surface area contributed by atoms with Gasteiger partial charge in [0, 0.05) is 22.8 Å². The Morgan fingerprint density at radius 3 is 2.00 bits per heavy atom. The lowest BCUT2D eigenvalue weighted by Gasteiger charge is -2.07. The number of amides is 3. The molecule has 0 bridgehead atoms. The van der Waals surface area contributed by atoms with Gasteiger partial charge in [-0.05, 0) is 48.0 Å². The second kappa shape index (κ2) is 6.89. The highest BCUT2D eigenvalue weighted by Crippen LogP contribution is 2.27. The van der Waals surface area contributed by atoms with E-state index in [1.54, 1.807) is 6.07 Å². The third-order valence-corrected chi connectivity index (χ3v) is 3.73. The minimum atomic E-state index is -0.788. The van der Waals surface area contributed by atoms with Crippen molar-refractivity contribution in [2.45, 2.75) is 0 Å². The maximum atomic E-state index is 11.5. The van der Waals surface area contributed by atoms with E-state index in [0.29, 0.717) is 11.4 Å². The van der Waals surface area contributed by atoms with Crippen molar-refractivity contribution in [3.8, 4) is 11.3 Å². The van der Waals surface area contributed by atoms with Crippen LogP contribution in [0.4, 0.5) is 27.7 Å². The smallest absolute Gasteiger partial charge is 0.317 e. The molecule has 9 N–H and O–H groups in total. The number of hydrogen-bond donors (Lipinski definition) is 6. The van der Waals surface area contributed by atoms with Crippen molar-refractivity contribution in [2.75, 3.05) is 16.4 Å². The van der Waals surface area contributed by atoms with Crippen molar-refractivity contribution in [3.05, 3.63) is 60.2 Å². The van der Waals surface area contributed by atoms with Crippen LogP contribution in [-0.2, 0) is 0 Å². The fraction of sp³-hybridized carbons (Fsp3) is 0. The maximum Gasteiger partial charge on any atom is 0.317 e. The number of anilines is 4. The molecule has 0 unspecified atom stereocenters. The van der Waals surface area contributed by atoms with Crippen LogP contribution in [0, 0.1) is 0 Å². The summed E-state index contributed by atoms with van der Waals surface area (Å²) in [5.41, 5.74) is 20.2. The van der Waals surface area contributed by atoms with Crippen molar-refractivity contribution in [2.24, 2.45) is 11.5 Å². The largest absolute Gasteiger partial charge is 0.399 e. The lowest BCUT2D eigenvalue weighted by atomic mass is 10.1. The van der Waals surface area contributed by atoms with Crippen molar-refractivity contribution in [1.29, 1.82) is 0 Å². The highest BCUT2D eigenvalue weighted by atomic mass is 16.2. The molecule has 0 spiro atoms. The predicted octanol–water partition coefficient (Wildman–Crippen LogP) is 2.60. The Morgan fingerprint density at radius 2 is 1.46 bits per heavy atom. The number of aromatic amines is 1. The van der Waals surface area contributed by atoms with E-state index >= 15 is 0 Å². The van der Waals surface area contributed by atoms with Gasteiger partial charge in [0.25, 0.3) is 5.91 Å². The zero-order valence-corrected chi connectivity index (χ0v) is 13.7. The number of nitrogens with one attached hydrogen (secondary N) is 3. The zero-order chi connectivity index (χ0) is 18.7. The summed E-state index contributed by atoms with van der Waals surface area (Å²) in [5.74, 6) is -0.498. The van der Waals surface area contributed by atoms with Gasteiger partial charge in [0.2, 0.25) is 0 Å². The van der Waals surface area contributed by atoms with E-state index in [4.69, 9.17) is 17.2 Å². The molecule has 0 saturated heterocycles. The van der Waals surface area contributed by atoms with E-state index in [1.165, 1.54) is 0 Å². The van der Waals surface area contributed by atoms with Gasteiger partial charge in [-0.1, -0.05) is 12.1 Å². The Morgan fingerprint density at radius 1 is 0.885 bits per heavy atom. The van der Waals surface area contributed by atoms with Crippen LogP contribution in [0.25, 0.3) is 11.3 Å². The predicted molar refractivity (Wildman–Crippen MR) is 102 cm³/mol. The quantitative estimate of drug-likeness (QED) is 0.392. The minimum absolute atomic E-state index is 0.155. The Labute approximate surface area is 149 Å². The maximum absolute atomic E-state index is 11.5. The molecular formula is C18H18N6O2. The lowest BCUT2D eigenvalue weighted by molar-refractivity contribution is 0.100.